The van der Waals surface area contributed by atoms with E-state index in [2.05, 4.69) is 9.47 Å². The lowest BCUT2D eigenvalue weighted by Gasteiger charge is -2.23. The van der Waals surface area contributed by atoms with Crippen LogP contribution in [0.15, 0.2) is 24.3 Å². The molecule has 1 aromatic rings. The summed E-state index contributed by atoms with van der Waals surface area (Å²) in [5.74, 6) is -3.14. The van der Waals surface area contributed by atoms with Gasteiger partial charge in [0.1, 0.15) is 0 Å². The second kappa shape index (κ2) is 5.71. The largest absolute Gasteiger partial charge is 0.393 e. The zero-order chi connectivity index (χ0) is 15.7. The van der Waals surface area contributed by atoms with Crippen molar-refractivity contribution < 1.29 is 28.7 Å². The minimum atomic E-state index is -0.560. The molecule has 0 amide bonds. The molecule has 3 rings (SSSR count). The predicted octanol–water partition coefficient (Wildman–Crippen LogP) is 1.58. The average molecular weight is 302 g/mol. The monoisotopic (exact) mass is 302 g/mol. The van der Waals surface area contributed by atoms with Crippen LogP contribution in [0, 0.1) is 0 Å². The van der Waals surface area contributed by atoms with E-state index in [-0.39, 0.29) is 12.8 Å². The molecule has 2 aliphatic rings. The summed E-state index contributed by atoms with van der Waals surface area (Å²) in [5.41, 5.74) is 1.42. The van der Waals surface area contributed by atoms with Gasteiger partial charge in [-0.1, -0.05) is 24.3 Å². The van der Waals surface area contributed by atoms with Crippen molar-refractivity contribution in [2.24, 2.45) is 0 Å². The highest BCUT2D eigenvalue weighted by atomic mass is 16.6. The molecule has 1 aromatic carbocycles. The van der Waals surface area contributed by atoms with E-state index >= 15 is 0 Å². The van der Waals surface area contributed by atoms with Crippen LogP contribution in [0.4, 0.5) is 0 Å². The van der Waals surface area contributed by atoms with Crippen LogP contribution in [0.5, 0.6) is 0 Å². The first-order valence-corrected chi connectivity index (χ1v) is 7.13. The lowest BCUT2D eigenvalue weighted by atomic mass is 9.87. The van der Waals surface area contributed by atoms with Gasteiger partial charge in [-0.3, -0.25) is 19.2 Å². The Morgan fingerprint density at radius 3 is 1.64 bits per heavy atom. The molecule has 0 aromatic heterocycles. The van der Waals surface area contributed by atoms with E-state index in [0.717, 1.165) is 0 Å². The summed E-state index contributed by atoms with van der Waals surface area (Å²) < 4.78 is 9.32. The second-order valence-electron chi connectivity index (χ2n) is 5.44. The summed E-state index contributed by atoms with van der Waals surface area (Å²) in [7, 11) is 0. The standard InChI is InChI=1S/C16H14O6/c17-13-6-4-11(15(19)21-13)9-2-1-3-10(8-9)12-5-7-14(18)22-16(12)20/h1-3,8,11-12H,4-7H2. The molecule has 0 aliphatic carbocycles. The van der Waals surface area contributed by atoms with Gasteiger partial charge >= 0.3 is 23.9 Å². The summed E-state index contributed by atoms with van der Waals surface area (Å²) in [4.78, 5) is 45.8. The molecule has 0 spiro atoms. The van der Waals surface area contributed by atoms with Gasteiger partial charge in [0.2, 0.25) is 0 Å². The molecule has 6 heteroatoms. The van der Waals surface area contributed by atoms with Gasteiger partial charge in [0, 0.05) is 12.8 Å². The van der Waals surface area contributed by atoms with Crippen molar-refractivity contribution >= 4 is 23.9 Å². The highest BCUT2D eigenvalue weighted by molar-refractivity contribution is 5.93. The van der Waals surface area contributed by atoms with Gasteiger partial charge in [-0.2, -0.15) is 0 Å². The van der Waals surface area contributed by atoms with Crippen LogP contribution in [-0.2, 0) is 28.7 Å². The van der Waals surface area contributed by atoms with E-state index in [4.69, 9.17) is 0 Å². The molecule has 0 bridgehead atoms. The van der Waals surface area contributed by atoms with E-state index in [1.54, 1.807) is 24.3 Å². The maximum Gasteiger partial charge on any atom is 0.321 e. The van der Waals surface area contributed by atoms with Crippen molar-refractivity contribution in [1.29, 1.82) is 0 Å². The summed E-state index contributed by atoms with van der Waals surface area (Å²) in [5, 5.41) is 0. The SMILES string of the molecule is O=C1CCC(c2cccc(C3CCC(=O)OC3=O)c2)C(=O)O1. The van der Waals surface area contributed by atoms with Gasteiger partial charge in [0.15, 0.2) is 0 Å². The number of benzene rings is 1. The highest BCUT2D eigenvalue weighted by Crippen LogP contribution is 2.32. The van der Waals surface area contributed by atoms with Crippen molar-refractivity contribution in [3.63, 3.8) is 0 Å². The second-order valence-corrected chi connectivity index (χ2v) is 5.44. The molecule has 2 unspecified atom stereocenters. The van der Waals surface area contributed by atoms with Gasteiger partial charge in [0.05, 0.1) is 11.8 Å². The minimum absolute atomic E-state index is 0.195. The smallest absolute Gasteiger partial charge is 0.321 e. The first-order valence-electron chi connectivity index (χ1n) is 7.13. The van der Waals surface area contributed by atoms with E-state index < -0.39 is 35.7 Å². The molecular formula is C16H14O6. The van der Waals surface area contributed by atoms with Crippen LogP contribution in [0.1, 0.15) is 48.6 Å². The Hall–Kier alpha value is -2.50. The maximum absolute atomic E-state index is 11.8. The van der Waals surface area contributed by atoms with Crippen molar-refractivity contribution in [2.45, 2.75) is 37.5 Å². The molecule has 114 valence electrons. The van der Waals surface area contributed by atoms with E-state index in [0.29, 0.717) is 24.0 Å². The molecule has 2 atom stereocenters. The lowest BCUT2D eigenvalue weighted by Crippen LogP contribution is -2.27. The van der Waals surface area contributed by atoms with Crippen LogP contribution in [0.2, 0.25) is 0 Å². The lowest BCUT2D eigenvalue weighted by molar-refractivity contribution is -0.166. The fraction of sp³-hybridized carbons (Fsp3) is 0.375. The number of esters is 4. The number of carbonyl (C=O) groups is 4. The van der Waals surface area contributed by atoms with Gasteiger partial charge in [-0.05, 0) is 24.0 Å². The number of hydrogen-bond acceptors (Lipinski definition) is 6. The molecule has 0 radical (unpaired) electrons. The van der Waals surface area contributed by atoms with E-state index in [9.17, 15) is 19.2 Å². The Balaban J connectivity index is 1.84. The molecule has 6 nitrogen and oxygen atoms in total. The fourth-order valence-electron chi connectivity index (χ4n) is 2.83. The molecule has 0 saturated carbocycles. The Bertz CT molecular complexity index is 609. The van der Waals surface area contributed by atoms with Crippen LogP contribution < -0.4 is 0 Å². The molecule has 2 fully saturated rings. The third-order valence-electron chi connectivity index (χ3n) is 3.99. The van der Waals surface area contributed by atoms with Gasteiger partial charge < -0.3 is 9.47 Å². The Morgan fingerprint density at radius 2 is 1.23 bits per heavy atom. The average Bonchev–Trinajstić information content (AvgIpc) is 2.47. The highest BCUT2D eigenvalue weighted by Gasteiger charge is 2.33. The quantitative estimate of drug-likeness (QED) is 0.609. The van der Waals surface area contributed by atoms with Gasteiger partial charge in [-0.15, -0.1) is 0 Å². The maximum atomic E-state index is 11.8. The number of hydrogen-bond donors (Lipinski definition) is 0. The number of ether oxygens (including phenoxy) is 2. The van der Waals surface area contributed by atoms with Crippen molar-refractivity contribution in [1.82, 2.24) is 0 Å². The third kappa shape index (κ3) is 2.77. The van der Waals surface area contributed by atoms with Crippen LogP contribution in [0.25, 0.3) is 0 Å². The number of carbonyl (C=O) groups excluding carboxylic acids is 4. The topological polar surface area (TPSA) is 86.7 Å². The van der Waals surface area contributed by atoms with Gasteiger partial charge in [-0.25, -0.2) is 0 Å². The molecular weight excluding hydrogens is 288 g/mol. The summed E-state index contributed by atoms with van der Waals surface area (Å²) >= 11 is 0. The predicted molar refractivity (Wildman–Crippen MR) is 72.6 cm³/mol. The summed E-state index contributed by atoms with van der Waals surface area (Å²) in [6.07, 6.45) is 1.19. The summed E-state index contributed by atoms with van der Waals surface area (Å²) in [6.45, 7) is 0. The minimum Gasteiger partial charge on any atom is -0.393 e. The molecule has 2 heterocycles. The van der Waals surface area contributed by atoms with Crippen LogP contribution in [0.3, 0.4) is 0 Å². The Kier molecular flexibility index (Phi) is 3.75. The first-order chi connectivity index (χ1) is 10.5. The fourth-order valence-corrected chi connectivity index (χ4v) is 2.83. The number of cyclic esters (lactones) is 4. The normalized spacial score (nSPS) is 25.6. The number of rotatable bonds is 2. The Morgan fingerprint density at radius 1 is 0.773 bits per heavy atom. The van der Waals surface area contributed by atoms with Gasteiger partial charge in [0.25, 0.3) is 0 Å². The van der Waals surface area contributed by atoms with Crippen LogP contribution >= 0.6 is 0 Å². The van der Waals surface area contributed by atoms with Crippen molar-refractivity contribution in [3.8, 4) is 0 Å². The summed E-state index contributed by atoms with van der Waals surface area (Å²) in [6, 6.07) is 7.04. The van der Waals surface area contributed by atoms with Crippen molar-refractivity contribution in [2.75, 3.05) is 0 Å². The zero-order valence-electron chi connectivity index (χ0n) is 11.7. The first kappa shape index (κ1) is 14.4. The third-order valence-corrected chi connectivity index (χ3v) is 3.99. The Labute approximate surface area is 126 Å². The van der Waals surface area contributed by atoms with Crippen molar-refractivity contribution in [3.05, 3.63) is 35.4 Å². The molecule has 2 saturated heterocycles. The molecule has 22 heavy (non-hydrogen) atoms. The molecule has 0 N–H and O–H groups in total. The van der Waals surface area contributed by atoms with E-state index in [1.807, 2.05) is 0 Å². The molecule has 2 aliphatic heterocycles. The zero-order valence-corrected chi connectivity index (χ0v) is 11.7. The van der Waals surface area contributed by atoms with Crippen LogP contribution in [-0.4, -0.2) is 23.9 Å². The van der Waals surface area contributed by atoms with E-state index in [1.165, 1.54) is 0 Å².